The molecule has 2 aromatic rings. The first-order valence-electron chi connectivity index (χ1n) is 8.06. The van der Waals surface area contributed by atoms with Crippen LogP contribution < -0.4 is 14.8 Å². The van der Waals surface area contributed by atoms with Crippen molar-refractivity contribution in [2.45, 2.75) is 25.9 Å². The molecule has 0 aliphatic carbocycles. The van der Waals surface area contributed by atoms with E-state index in [1.165, 1.54) is 0 Å². The van der Waals surface area contributed by atoms with Crippen molar-refractivity contribution >= 4 is 17.6 Å². The minimum absolute atomic E-state index is 0.169. The van der Waals surface area contributed by atoms with E-state index in [0.717, 1.165) is 5.56 Å². The Bertz CT molecular complexity index is 760. The van der Waals surface area contributed by atoms with Crippen molar-refractivity contribution < 1.29 is 23.8 Å². The molecule has 0 radical (unpaired) electrons. The van der Waals surface area contributed by atoms with E-state index < -0.39 is 18.0 Å². The molecule has 3 rings (SSSR count). The van der Waals surface area contributed by atoms with E-state index in [1.54, 1.807) is 25.1 Å². The summed E-state index contributed by atoms with van der Waals surface area (Å²) in [6, 6.07) is 14.7. The van der Waals surface area contributed by atoms with E-state index in [1.807, 2.05) is 30.3 Å². The molecule has 0 spiro atoms. The standard InChI is InChI=1S/C19H19NO5/c1-13(25-18(21)10-7-14-5-3-2-4-6-14)19(22)20-15-8-9-16-17(11-15)24-12-23-16/h2-6,8-9,11,13H,7,10,12H2,1H3,(H,20,22)/t13-/m0/s1. The molecule has 1 amide bonds. The van der Waals surface area contributed by atoms with Gasteiger partial charge in [-0.2, -0.15) is 0 Å². The molecule has 1 atom stereocenters. The second-order valence-electron chi connectivity index (χ2n) is 5.67. The number of carbonyl (C=O) groups is 2. The third-order valence-corrected chi connectivity index (χ3v) is 3.78. The number of amides is 1. The summed E-state index contributed by atoms with van der Waals surface area (Å²) >= 11 is 0. The zero-order valence-electron chi connectivity index (χ0n) is 13.9. The Kier molecular flexibility index (Phi) is 5.18. The van der Waals surface area contributed by atoms with Gasteiger partial charge in [0.2, 0.25) is 6.79 Å². The number of nitrogens with one attached hydrogen (secondary N) is 1. The first-order valence-corrected chi connectivity index (χ1v) is 8.06. The number of anilines is 1. The normalized spacial score (nSPS) is 13.2. The second kappa shape index (κ2) is 7.70. The van der Waals surface area contributed by atoms with Crippen molar-refractivity contribution in [3.8, 4) is 11.5 Å². The molecule has 0 fully saturated rings. The van der Waals surface area contributed by atoms with Gasteiger partial charge >= 0.3 is 5.97 Å². The van der Waals surface area contributed by atoms with Gasteiger partial charge in [0.1, 0.15) is 0 Å². The van der Waals surface area contributed by atoms with Gasteiger partial charge in [-0.3, -0.25) is 9.59 Å². The fraction of sp³-hybridized carbons (Fsp3) is 0.263. The van der Waals surface area contributed by atoms with E-state index in [-0.39, 0.29) is 13.2 Å². The summed E-state index contributed by atoms with van der Waals surface area (Å²) in [6.45, 7) is 1.71. The molecule has 0 bridgehead atoms. The Morgan fingerprint density at radius 3 is 2.68 bits per heavy atom. The Hall–Kier alpha value is -3.02. The van der Waals surface area contributed by atoms with E-state index in [4.69, 9.17) is 14.2 Å². The van der Waals surface area contributed by atoms with Crippen LogP contribution >= 0.6 is 0 Å². The van der Waals surface area contributed by atoms with E-state index in [0.29, 0.717) is 23.6 Å². The molecule has 6 heteroatoms. The molecule has 2 aromatic carbocycles. The van der Waals surface area contributed by atoms with E-state index in [9.17, 15) is 9.59 Å². The van der Waals surface area contributed by atoms with Gasteiger partial charge in [0, 0.05) is 18.2 Å². The van der Waals surface area contributed by atoms with Crippen LogP contribution in [-0.2, 0) is 20.7 Å². The number of aryl methyl sites for hydroxylation is 1. The van der Waals surface area contributed by atoms with Crippen molar-refractivity contribution in [3.05, 3.63) is 54.1 Å². The fourth-order valence-electron chi connectivity index (χ4n) is 2.42. The number of fused-ring (bicyclic) bond motifs is 1. The monoisotopic (exact) mass is 341 g/mol. The van der Waals surface area contributed by atoms with E-state index in [2.05, 4.69) is 5.32 Å². The van der Waals surface area contributed by atoms with Gasteiger partial charge in [-0.05, 0) is 31.0 Å². The molecular weight excluding hydrogens is 322 g/mol. The third kappa shape index (κ3) is 4.50. The maximum atomic E-state index is 12.2. The maximum Gasteiger partial charge on any atom is 0.306 e. The SMILES string of the molecule is C[C@H](OC(=O)CCc1ccccc1)C(=O)Nc1ccc2c(c1)OCO2. The minimum Gasteiger partial charge on any atom is -0.454 e. The molecule has 25 heavy (non-hydrogen) atoms. The molecular formula is C19H19NO5. The number of ether oxygens (including phenoxy) is 3. The molecule has 130 valence electrons. The quantitative estimate of drug-likeness (QED) is 0.818. The van der Waals surface area contributed by atoms with Crippen molar-refractivity contribution in [2.75, 3.05) is 12.1 Å². The third-order valence-electron chi connectivity index (χ3n) is 3.78. The van der Waals surface area contributed by atoms with Crippen LogP contribution in [0.4, 0.5) is 5.69 Å². The summed E-state index contributed by atoms with van der Waals surface area (Å²) in [4.78, 5) is 24.1. The molecule has 1 N–H and O–H groups in total. The maximum absolute atomic E-state index is 12.2. The van der Waals surface area contributed by atoms with Crippen LogP contribution in [0, 0.1) is 0 Å². The largest absolute Gasteiger partial charge is 0.454 e. The van der Waals surface area contributed by atoms with Gasteiger partial charge in [0.25, 0.3) is 5.91 Å². The van der Waals surface area contributed by atoms with Crippen molar-refractivity contribution in [1.29, 1.82) is 0 Å². The zero-order chi connectivity index (χ0) is 17.6. The van der Waals surface area contributed by atoms with Gasteiger partial charge in [0.15, 0.2) is 17.6 Å². The van der Waals surface area contributed by atoms with E-state index >= 15 is 0 Å². The molecule has 0 saturated heterocycles. The predicted molar refractivity (Wildman–Crippen MR) is 91.5 cm³/mol. The van der Waals surface area contributed by atoms with Crippen molar-refractivity contribution in [2.24, 2.45) is 0 Å². The number of benzene rings is 2. The van der Waals surface area contributed by atoms with Crippen molar-refractivity contribution in [1.82, 2.24) is 0 Å². The molecule has 1 aliphatic rings. The molecule has 1 aliphatic heterocycles. The lowest BCUT2D eigenvalue weighted by Gasteiger charge is -2.14. The fourth-order valence-corrected chi connectivity index (χ4v) is 2.42. The van der Waals surface area contributed by atoms with Crippen LogP contribution in [0.5, 0.6) is 11.5 Å². The van der Waals surface area contributed by atoms with Crippen LogP contribution in [0.15, 0.2) is 48.5 Å². The number of hydrogen-bond donors (Lipinski definition) is 1. The lowest BCUT2D eigenvalue weighted by molar-refractivity contribution is -0.153. The Labute approximate surface area is 145 Å². The van der Waals surface area contributed by atoms with Crippen LogP contribution in [-0.4, -0.2) is 24.8 Å². The molecule has 0 aromatic heterocycles. The van der Waals surface area contributed by atoms with Crippen LogP contribution in [0.3, 0.4) is 0 Å². The van der Waals surface area contributed by atoms with Crippen LogP contribution in [0.1, 0.15) is 18.9 Å². The number of hydrogen-bond acceptors (Lipinski definition) is 5. The van der Waals surface area contributed by atoms with Gasteiger partial charge in [-0.15, -0.1) is 0 Å². The summed E-state index contributed by atoms with van der Waals surface area (Å²) in [5.41, 5.74) is 1.61. The predicted octanol–water partition coefficient (Wildman–Crippen LogP) is 2.92. The summed E-state index contributed by atoms with van der Waals surface area (Å²) in [5.74, 6) is 0.410. The van der Waals surface area contributed by atoms with Crippen molar-refractivity contribution in [3.63, 3.8) is 0 Å². The topological polar surface area (TPSA) is 73.9 Å². The Morgan fingerprint density at radius 1 is 1.12 bits per heavy atom. The van der Waals surface area contributed by atoms with Gasteiger partial charge < -0.3 is 19.5 Å². The van der Waals surface area contributed by atoms with Gasteiger partial charge in [-0.1, -0.05) is 30.3 Å². The summed E-state index contributed by atoms with van der Waals surface area (Å²) < 4.78 is 15.7. The van der Waals surface area contributed by atoms with Gasteiger partial charge in [0.05, 0.1) is 0 Å². The van der Waals surface area contributed by atoms with Gasteiger partial charge in [-0.25, -0.2) is 0 Å². The van der Waals surface area contributed by atoms with Crippen LogP contribution in [0.25, 0.3) is 0 Å². The molecule has 6 nitrogen and oxygen atoms in total. The molecule has 1 heterocycles. The minimum atomic E-state index is -0.881. The highest BCUT2D eigenvalue weighted by molar-refractivity contribution is 5.95. The zero-order valence-corrected chi connectivity index (χ0v) is 13.9. The lowest BCUT2D eigenvalue weighted by Crippen LogP contribution is -2.30. The highest BCUT2D eigenvalue weighted by atomic mass is 16.7. The smallest absolute Gasteiger partial charge is 0.306 e. The number of rotatable bonds is 6. The first kappa shape index (κ1) is 16.8. The molecule has 0 saturated carbocycles. The summed E-state index contributed by atoms with van der Waals surface area (Å²) in [5, 5.41) is 2.70. The number of esters is 1. The second-order valence-corrected chi connectivity index (χ2v) is 5.67. The Morgan fingerprint density at radius 2 is 1.88 bits per heavy atom. The average molecular weight is 341 g/mol. The number of carbonyl (C=O) groups excluding carboxylic acids is 2. The van der Waals surface area contributed by atoms with Crippen LogP contribution in [0.2, 0.25) is 0 Å². The summed E-state index contributed by atoms with van der Waals surface area (Å²) in [7, 11) is 0. The lowest BCUT2D eigenvalue weighted by atomic mass is 10.1. The average Bonchev–Trinajstić information content (AvgIpc) is 3.08. The highest BCUT2D eigenvalue weighted by Gasteiger charge is 2.19. The highest BCUT2D eigenvalue weighted by Crippen LogP contribution is 2.34. The summed E-state index contributed by atoms with van der Waals surface area (Å²) in [6.07, 6.45) is -0.0735. The Balaban J connectivity index is 1.48. The molecule has 0 unspecified atom stereocenters. The first-order chi connectivity index (χ1) is 12.1.